The molecule has 0 saturated carbocycles. The van der Waals surface area contributed by atoms with Crippen LogP contribution < -0.4 is 16.8 Å². The highest BCUT2D eigenvalue weighted by atomic mass is 79.9. The Morgan fingerprint density at radius 1 is 1.32 bits per heavy atom. The predicted octanol–water partition coefficient (Wildman–Crippen LogP) is 2.41. The van der Waals surface area contributed by atoms with Crippen molar-refractivity contribution in [1.29, 1.82) is 0 Å². The van der Waals surface area contributed by atoms with Crippen molar-refractivity contribution in [2.75, 3.05) is 11.1 Å². The van der Waals surface area contributed by atoms with Crippen LogP contribution in [0, 0.1) is 5.82 Å². The molecule has 5 nitrogen and oxygen atoms in total. The summed E-state index contributed by atoms with van der Waals surface area (Å²) in [6.45, 7) is 0. The van der Waals surface area contributed by atoms with E-state index in [2.05, 4.69) is 26.2 Å². The molecular formula is C12H10BrFN4O. The third-order valence-corrected chi connectivity index (χ3v) is 3.00. The molecule has 1 aromatic carbocycles. The largest absolute Gasteiger partial charge is 0.396 e. The fraction of sp³-hybridized carbons (Fsp3) is 0. The van der Waals surface area contributed by atoms with Crippen molar-refractivity contribution in [3.05, 3.63) is 46.3 Å². The third kappa shape index (κ3) is 3.00. The van der Waals surface area contributed by atoms with Crippen molar-refractivity contribution in [2.45, 2.75) is 0 Å². The number of carbonyl (C=O) groups excluding carboxylic acids is 1. The van der Waals surface area contributed by atoms with E-state index in [1.165, 1.54) is 18.2 Å². The molecule has 1 heterocycles. The Balaban J connectivity index is 2.34. The van der Waals surface area contributed by atoms with Gasteiger partial charge in [0.2, 0.25) is 0 Å². The molecule has 1 aromatic heterocycles. The minimum absolute atomic E-state index is 0.0780. The Kier molecular flexibility index (Phi) is 3.66. The molecule has 0 saturated heterocycles. The van der Waals surface area contributed by atoms with Crippen LogP contribution in [0.2, 0.25) is 0 Å². The van der Waals surface area contributed by atoms with Crippen LogP contribution in [0.4, 0.5) is 21.6 Å². The van der Waals surface area contributed by atoms with Crippen molar-refractivity contribution < 1.29 is 9.18 Å². The van der Waals surface area contributed by atoms with Gasteiger partial charge in [-0.25, -0.2) is 9.37 Å². The number of nitrogens with zero attached hydrogens (tertiary/aromatic N) is 1. The van der Waals surface area contributed by atoms with E-state index in [0.717, 1.165) is 0 Å². The number of rotatable bonds is 3. The summed E-state index contributed by atoms with van der Waals surface area (Å²) >= 11 is 3.06. The van der Waals surface area contributed by atoms with Crippen LogP contribution in [-0.4, -0.2) is 10.9 Å². The first-order valence-corrected chi connectivity index (χ1v) is 6.05. The van der Waals surface area contributed by atoms with E-state index in [4.69, 9.17) is 11.5 Å². The highest BCUT2D eigenvalue weighted by Gasteiger charge is 2.08. The van der Waals surface area contributed by atoms with Gasteiger partial charge in [0.15, 0.2) is 5.82 Å². The smallest absolute Gasteiger partial charge is 0.267 e. The maximum Gasteiger partial charge on any atom is 0.267 e. The molecule has 0 radical (unpaired) electrons. The molecule has 0 atom stereocenters. The second kappa shape index (κ2) is 5.23. The number of halogens is 2. The van der Waals surface area contributed by atoms with E-state index in [9.17, 15) is 9.18 Å². The quantitative estimate of drug-likeness (QED) is 0.808. The van der Waals surface area contributed by atoms with E-state index in [-0.39, 0.29) is 11.5 Å². The Bertz CT molecular complexity index is 648. The van der Waals surface area contributed by atoms with Gasteiger partial charge in [-0.1, -0.05) is 0 Å². The Labute approximate surface area is 116 Å². The summed E-state index contributed by atoms with van der Waals surface area (Å²) in [5.74, 6) is -0.835. The molecule has 5 N–H and O–H groups in total. The molecule has 0 unspecified atom stereocenters. The standard InChI is InChI=1S/C12H10BrFN4O/c13-7-2-1-6(5-8(7)14)17-12-9(15)3-4-10(18-12)11(16)19/h1-5H,15H2,(H2,16,19)(H,17,18). The van der Waals surface area contributed by atoms with Gasteiger partial charge in [-0.2, -0.15) is 0 Å². The molecule has 0 spiro atoms. The van der Waals surface area contributed by atoms with Gasteiger partial charge < -0.3 is 16.8 Å². The molecule has 19 heavy (non-hydrogen) atoms. The fourth-order valence-corrected chi connectivity index (χ4v) is 1.66. The van der Waals surface area contributed by atoms with E-state index in [0.29, 0.717) is 15.8 Å². The Hall–Kier alpha value is -2.15. The zero-order chi connectivity index (χ0) is 14.0. The molecule has 0 aliphatic carbocycles. The van der Waals surface area contributed by atoms with Crippen LogP contribution in [-0.2, 0) is 0 Å². The van der Waals surface area contributed by atoms with Crippen molar-refractivity contribution in [1.82, 2.24) is 4.98 Å². The van der Waals surface area contributed by atoms with E-state index < -0.39 is 11.7 Å². The number of benzene rings is 1. The minimum atomic E-state index is -0.662. The van der Waals surface area contributed by atoms with Crippen LogP contribution >= 0.6 is 15.9 Å². The average molecular weight is 325 g/mol. The first-order chi connectivity index (χ1) is 8.97. The molecule has 2 rings (SSSR count). The minimum Gasteiger partial charge on any atom is -0.396 e. The molecule has 0 aliphatic rings. The van der Waals surface area contributed by atoms with Crippen LogP contribution in [0.25, 0.3) is 0 Å². The predicted molar refractivity (Wildman–Crippen MR) is 74.5 cm³/mol. The summed E-state index contributed by atoms with van der Waals surface area (Å²) in [5.41, 5.74) is 11.7. The molecular weight excluding hydrogens is 315 g/mol. The molecule has 2 aromatic rings. The Morgan fingerprint density at radius 3 is 2.68 bits per heavy atom. The van der Waals surface area contributed by atoms with E-state index in [1.54, 1.807) is 12.1 Å². The second-order valence-corrected chi connectivity index (χ2v) is 4.61. The summed E-state index contributed by atoms with van der Waals surface area (Å²) in [5, 5.41) is 2.83. The SMILES string of the molecule is NC(=O)c1ccc(N)c(Nc2ccc(Br)c(F)c2)n1. The zero-order valence-corrected chi connectivity index (χ0v) is 11.2. The monoisotopic (exact) mass is 324 g/mol. The fourth-order valence-electron chi connectivity index (χ4n) is 1.42. The number of anilines is 3. The number of hydrogen-bond acceptors (Lipinski definition) is 4. The summed E-state index contributed by atoms with van der Waals surface area (Å²) in [6, 6.07) is 7.40. The first kappa shape index (κ1) is 13.3. The van der Waals surface area contributed by atoms with Crippen molar-refractivity contribution in [2.24, 2.45) is 5.73 Å². The van der Waals surface area contributed by atoms with Gasteiger partial charge in [0.05, 0.1) is 10.2 Å². The maximum atomic E-state index is 13.4. The third-order valence-electron chi connectivity index (χ3n) is 2.36. The van der Waals surface area contributed by atoms with E-state index >= 15 is 0 Å². The van der Waals surface area contributed by atoms with Crippen molar-refractivity contribution in [3.63, 3.8) is 0 Å². The number of aromatic nitrogens is 1. The van der Waals surface area contributed by atoms with Crippen LogP contribution in [0.15, 0.2) is 34.8 Å². The first-order valence-electron chi connectivity index (χ1n) is 5.26. The van der Waals surface area contributed by atoms with Crippen LogP contribution in [0.3, 0.4) is 0 Å². The number of amides is 1. The van der Waals surface area contributed by atoms with Gasteiger partial charge in [-0.3, -0.25) is 4.79 Å². The highest BCUT2D eigenvalue weighted by molar-refractivity contribution is 9.10. The number of pyridine rings is 1. The lowest BCUT2D eigenvalue weighted by Gasteiger charge is -2.09. The lowest BCUT2D eigenvalue weighted by molar-refractivity contribution is 0.0996. The highest BCUT2D eigenvalue weighted by Crippen LogP contribution is 2.24. The molecule has 1 amide bonds. The van der Waals surface area contributed by atoms with Crippen molar-refractivity contribution >= 4 is 39.0 Å². The number of nitrogens with one attached hydrogen (secondary N) is 1. The van der Waals surface area contributed by atoms with Crippen LogP contribution in [0.5, 0.6) is 0 Å². The second-order valence-electron chi connectivity index (χ2n) is 3.75. The average Bonchev–Trinajstić information content (AvgIpc) is 2.36. The summed E-state index contributed by atoms with van der Waals surface area (Å²) in [4.78, 5) is 15.0. The number of carbonyl (C=O) groups is 1. The van der Waals surface area contributed by atoms with Crippen LogP contribution in [0.1, 0.15) is 10.5 Å². The molecule has 0 bridgehead atoms. The van der Waals surface area contributed by atoms with Crippen molar-refractivity contribution in [3.8, 4) is 0 Å². The number of primary amides is 1. The lowest BCUT2D eigenvalue weighted by Crippen LogP contribution is -2.14. The topological polar surface area (TPSA) is 94.0 Å². The number of hydrogen-bond donors (Lipinski definition) is 3. The normalized spacial score (nSPS) is 10.2. The molecule has 0 fully saturated rings. The molecule has 98 valence electrons. The van der Waals surface area contributed by atoms with Gasteiger partial charge in [0.1, 0.15) is 11.5 Å². The van der Waals surface area contributed by atoms with Gasteiger partial charge in [0, 0.05) is 5.69 Å². The zero-order valence-electron chi connectivity index (χ0n) is 9.65. The van der Waals surface area contributed by atoms with Gasteiger partial charge in [0.25, 0.3) is 5.91 Å². The summed E-state index contributed by atoms with van der Waals surface area (Å²) in [6.07, 6.45) is 0. The number of nitrogen functional groups attached to an aromatic ring is 1. The summed E-state index contributed by atoms with van der Waals surface area (Å²) in [7, 11) is 0. The van der Waals surface area contributed by atoms with E-state index in [1.807, 2.05) is 0 Å². The van der Waals surface area contributed by atoms with Gasteiger partial charge in [-0.05, 0) is 46.3 Å². The van der Waals surface area contributed by atoms with Gasteiger partial charge in [-0.15, -0.1) is 0 Å². The summed E-state index contributed by atoms with van der Waals surface area (Å²) < 4.78 is 13.7. The lowest BCUT2D eigenvalue weighted by atomic mass is 10.2. The Morgan fingerprint density at radius 2 is 2.05 bits per heavy atom. The molecule has 0 aliphatic heterocycles. The maximum absolute atomic E-state index is 13.4. The van der Waals surface area contributed by atoms with Gasteiger partial charge >= 0.3 is 0 Å². The number of nitrogens with two attached hydrogens (primary N) is 2. The molecule has 7 heteroatoms.